The SMILES string of the molecule is Cc1sc(N2C(=O)CC(C)(C)C2=O)c(C(=O)O)c1C. The van der Waals surface area contributed by atoms with Gasteiger partial charge in [-0.2, -0.15) is 0 Å². The van der Waals surface area contributed by atoms with Gasteiger partial charge in [0.2, 0.25) is 11.8 Å². The summed E-state index contributed by atoms with van der Waals surface area (Å²) in [6.07, 6.45) is 0.112. The van der Waals surface area contributed by atoms with E-state index in [1.165, 1.54) is 11.3 Å². The number of aryl methyl sites for hydroxylation is 1. The van der Waals surface area contributed by atoms with Gasteiger partial charge in [-0.05, 0) is 19.4 Å². The predicted molar refractivity (Wildman–Crippen MR) is 71.6 cm³/mol. The topological polar surface area (TPSA) is 74.7 Å². The van der Waals surface area contributed by atoms with Gasteiger partial charge in [0.15, 0.2) is 0 Å². The number of carboxylic acid groups (broad SMARTS) is 1. The van der Waals surface area contributed by atoms with E-state index in [2.05, 4.69) is 0 Å². The van der Waals surface area contributed by atoms with E-state index < -0.39 is 11.4 Å². The van der Waals surface area contributed by atoms with Gasteiger partial charge in [0, 0.05) is 11.3 Å². The number of amides is 2. The minimum absolute atomic E-state index is 0.0573. The minimum atomic E-state index is -1.11. The molecular weight excluding hydrogens is 266 g/mol. The van der Waals surface area contributed by atoms with E-state index in [1.807, 2.05) is 0 Å². The molecule has 0 unspecified atom stereocenters. The fourth-order valence-electron chi connectivity index (χ4n) is 2.17. The molecule has 1 aliphatic rings. The van der Waals surface area contributed by atoms with Gasteiger partial charge >= 0.3 is 5.97 Å². The summed E-state index contributed by atoms with van der Waals surface area (Å²) in [7, 11) is 0. The molecule has 1 N–H and O–H groups in total. The summed E-state index contributed by atoms with van der Waals surface area (Å²) in [4.78, 5) is 37.5. The highest BCUT2D eigenvalue weighted by Gasteiger charge is 2.47. The molecule has 6 heteroatoms. The molecule has 2 heterocycles. The summed E-state index contributed by atoms with van der Waals surface area (Å²) in [5.74, 6) is -1.78. The molecule has 1 saturated heterocycles. The first-order valence-electron chi connectivity index (χ1n) is 5.87. The van der Waals surface area contributed by atoms with Crippen LogP contribution >= 0.6 is 11.3 Å². The summed E-state index contributed by atoms with van der Waals surface area (Å²) in [5.41, 5.74) is -0.0988. The zero-order valence-corrected chi connectivity index (χ0v) is 12.1. The lowest BCUT2D eigenvalue weighted by atomic mass is 9.92. The Morgan fingerprint density at radius 3 is 2.32 bits per heavy atom. The Balaban J connectivity index is 2.61. The highest BCUT2D eigenvalue weighted by Crippen LogP contribution is 2.42. The molecule has 5 nitrogen and oxygen atoms in total. The van der Waals surface area contributed by atoms with Crippen LogP contribution in [0.25, 0.3) is 0 Å². The maximum atomic E-state index is 12.3. The quantitative estimate of drug-likeness (QED) is 0.844. The van der Waals surface area contributed by atoms with Gasteiger partial charge in [0.25, 0.3) is 0 Å². The van der Waals surface area contributed by atoms with E-state index in [0.29, 0.717) is 5.56 Å². The number of anilines is 1. The second kappa shape index (κ2) is 4.16. The molecule has 1 aromatic rings. The molecule has 0 spiro atoms. The molecule has 0 radical (unpaired) electrons. The molecule has 19 heavy (non-hydrogen) atoms. The summed E-state index contributed by atoms with van der Waals surface area (Å²) >= 11 is 1.18. The summed E-state index contributed by atoms with van der Waals surface area (Å²) in [6, 6.07) is 0. The van der Waals surface area contributed by atoms with Crippen LogP contribution in [-0.2, 0) is 9.59 Å². The molecule has 1 fully saturated rings. The average molecular weight is 281 g/mol. The van der Waals surface area contributed by atoms with Gasteiger partial charge in [-0.3, -0.25) is 9.59 Å². The third-order valence-electron chi connectivity index (χ3n) is 3.41. The first kappa shape index (κ1) is 13.7. The number of imide groups is 1. The summed E-state index contributed by atoms with van der Waals surface area (Å²) < 4.78 is 0. The zero-order valence-electron chi connectivity index (χ0n) is 11.2. The van der Waals surface area contributed by atoms with Gasteiger partial charge in [-0.25, -0.2) is 9.69 Å². The Hall–Kier alpha value is -1.69. The maximum Gasteiger partial charge on any atom is 0.339 e. The van der Waals surface area contributed by atoms with Crippen LogP contribution in [0.3, 0.4) is 0 Å². The van der Waals surface area contributed by atoms with Gasteiger partial charge in [-0.15, -0.1) is 11.3 Å². The van der Waals surface area contributed by atoms with Crippen molar-refractivity contribution >= 4 is 34.1 Å². The van der Waals surface area contributed by atoms with Crippen molar-refractivity contribution in [3.8, 4) is 0 Å². The first-order chi connectivity index (χ1) is 8.66. The second-order valence-electron chi connectivity index (χ2n) is 5.36. The Labute approximate surface area is 114 Å². The van der Waals surface area contributed by atoms with Crippen LogP contribution in [0.2, 0.25) is 0 Å². The Bertz CT molecular complexity index is 600. The van der Waals surface area contributed by atoms with Crippen molar-refractivity contribution in [1.82, 2.24) is 0 Å². The van der Waals surface area contributed by atoms with Crippen LogP contribution in [0.5, 0.6) is 0 Å². The second-order valence-corrected chi connectivity index (χ2v) is 6.57. The van der Waals surface area contributed by atoms with Crippen molar-refractivity contribution in [2.75, 3.05) is 4.90 Å². The van der Waals surface area contributed by atoms with Crippen molar-refractivity contribution in [2.24, 2.45) is 5.41 Å². The predicted octanol–water partition coefficient (Wildman–Crippen LogP) is 2.35. The Morgan fingerprint density at radius 1 is 1.32 bits per heavy atom. The fraction of sp³-hybridized carbons (Fsp3) is 0.462. The summed E-state index contributed by atoms with van der Waals surface area (Å²) in [6.45, 7) is 6.86. The normalized spacial score (nSPS) is 18.2. The highest BCUT2D eigenvalue weighted by atomic mass is 32.1. The van der Waals surface area contributed by atoms with Gasteiger partial charge in [0.05, 0.1) is 11.0 Å². The van der Waals surface area contributed by atoms with Crippen molar-refractivity contribution in [2.45, 2.75) is 34.1 Å². The third-order valence-corrected chi connectivity index (χ3v) is 4.60. The first-order valence-corrected chi connectivity index (χ1v) is 6.69. The number of nitrogens with zero attached hydrogens (tertiary/aromatic N) is 1. The van der Waals surface area contributed by atoms with E-state index >= 15 is 0 Å². The van der Waals surface area contributed by atoms with E-state index in [0.717, 1.165) is 9.78 Å². The number of rotatable bonds is 2. The molecule has 0 aliphatic carbocycles. The molecule has 0 aromatic carbocycles. The lowest BCUT2D eigenvalue weighted by Gasteiger charge is -2.17. The van der Waals surface area contributed by atoms with Crippen molar-refractivity contribution < 1.29 is 19.5 Å². The van der Waals surface area contributed by atoms with E-state index in [-0.39, 0.29) is 28.8 Å². The number of carbonyl (C=O) groups excluding carboxylic acids is 2. The number of hydrogen-bond donors (Lipinski definition) is 1. The van der Waals surface area contributed by atoms with E-state index in [9.17, 15) is 19.5 Å². The summed E-state index contributed by atoms with van der Waals surface area (Å²) in [5, 5.41) is 9.52. The molecule has 1 aliphatic heterocycles. The van der Waals surface area contributed by atoms with Gasteiger partial charge in [-0.1, -0.05) is 13.8 Å². The molecule has 2 rings (SSSR count). The Morgan fingerprint density at radius 2 is 1.89 bits per heavy atom. The zero-order chi connectivity index (χ0) is 14.5. The molecular formula is C13H15NO4S. The van der Waals surface area contributed by atoms with Crippen molar-refractivity contribution in [3.05, 3.63) is 16.0 Å². The monoisotopic (exact) mass is 281 g/mol. The number of thiophene rings is 1. The molecule has 0 atom stereocenters. The van der Waals surface area contributed by atoms with Crippen LogP contribution < -0.4 is 4.90 Å². The third kappa shape index (κ3) is 1.96. The number of hydrogen-bond acceptors (Lipinski definition) is 4. The highest BCUT2D eigenvalue weighted by molar-refractivity contribution is 7.17. The van der Waals surface area contributed by atoms with Crippen molar-refractivity contribution in [1.29, 1.82) is 0 Å². The number of carboxylic acids is 1. The average Bonchev–Trinajstić information content (AvgIpc) is 2.64. The number of aromatic carboxylic acids is 1. The molecule has 102 valence electrons. The minimum Gasteiger partial charge on any atom is -0.478 e. The van der Waals surface area contributed by atoms with E-state index in [1.54, 1.807) is 27.7 Å². The number of carbonyl (C=O) groups is 3. The molecule has 1 aromatic heterocycles. The van der Waals surface area contributed by atoms with E-state index in [4.69, 9.17) is 0 Å². The van der Waals surface area contributed by atoms with Gasteiger partial charge < -0.3 is 5.11 Å². The van der Waals surface area contributed by atoms with Crippen LogP contribution in [0.1, 0.15) is 41.1 Å². The van der Waals surface area contributed by atoms with Crippen molar-refractivity contribution in [3.63, 3.8) is 0 Å². The molecule has 2 amide bonds. The molecule has 0 bridgehead atoms. The lowest BCUT2D eigenvalue weighted by molar-refractivity contribution is -0.124. The molecule has 0 saturated carbocycles. The van der Waals surface area contributed by atoms with Crippen LogP contribution in [0.15, 0.2) is 0 Å². The standard InChI is InChI=1S/C13H15NO4S/c1-6-7(2)19-10(9(6)11(16)17)14-8(15)5-13(3,4)12(14)18/h5H2,1-4H3,(H,16,17). The van der Waals surface area contributed by atoms with Gasteiger partial charge in [0.1, 0.15) is 5.00 Å². The van der Waals surface area contributed by atoms with Crippen LogP contribution in [0, 0.1) is 19.3 Å². The lowest BCUT2D eigenvalue weighted by Crippen LogP contribution is -2.33. The van der Waals surface area contributed by atoms with Crippen LogP contribution in [0.4, 0.5) is 5.00 Å². The largest absolute Gasteiger partial charge is 0.478 e. The smallest absolute Gasteiger partial charge is 0.339 e. The Kier molecular flexibility index (Phi) is 3.01. The fourth-order valence-corrected chi connectivity index (χ4v) is 3.34. The maximum absolute atomic E-state index is 12.3. The van der Waals surface area contributed by atoms with Crippen LogP contribution in [-0.4, -0.2) is 22.9 Å².